The molecule has 0 aliphatic heterocycles. The first kappa shape index (κ1) is 62.4. The number of nitrogens with one attached hydrogen (secondary N) is 1. The number of hydrogen-bond acceptors (Lipinski definition) is 16. The van der Waals surface area contributed by atoms with Crippen molar-refractivity contribution in [2.45, 2.75) is 204 Å². The number of hydrogen-bond donors (Lipinski definition) is 6. The second-order valence-electron chi connectivity index (χ2n) is 26.8. The Labute approximate surface area is 490 Å². The maximum absolute atomic E-state index is 12.5. The van der Waals surface area contributed by atoms with Crippen LogP contribution in [0.3, 0.4) is 0 Å². The van der Waals surface area contributed by atoms with Crippen LogP contribution in [0.15, 0.2) is 79.5 Å². The molecule has 8 saturated carbocycles. The van der Waals surface area contributed by atoms with Crippen molar-refractivity contribution in [3.63, 3.8) is 0 Å². The summed E-state index contributed by atoms with van der Waals surface area (Å²) in [6.07, 6.45) is 19.2. The summed E-state index contributed by atoms with van der Waals surface area (Å²) in [6.45, 7) is 10.0. The number of ether oxygens (including phenoxy) is 3. The van der Waals surface area contributed by atoms with E-state index in [2.05, 4.69) is 33.0 Å². The first-order valence-electron chi connectivity index (χ1n) is 30.7. The van der Waals surface area contributed by atoms with E-state index in [1.165, 1.54) is 36.4 Å². The Morgan fingerprint density at radius 2 is 1.10 bits per heavy atom. The number of carboxylic acids is 2. The summed E-state index contributed by atoms with van der Waals surface area (Å²) in [5.41, 5.74) is 4.48. The standard InChI is InChI=1S/C31H37NO8.C29H41NO7.C4H9NO2/c1-29-14-11-23(40-28(34)39-22-7-5-21(6-8-22)32(36)37)17-20(29)4-9-26-25(29)12-15-30(2)24(13-16-31(26,30)35)19-3-10-27(33)38-18-19;1-27-12-9-20(37-26(34)30-15-3-4-24(31)32)16-19(27)6-7-23-22(27)10-13-28(2)21(11-14-29(23,28)35)18-5-8-25(33)36-17-18;5-3-1-2-4(6)7/h3,5-8,10,18,20,23-26,35H,4,9,11-17H2,1-2H3;5,8,17,19-23,35H,3-4,6-7,9-16H2,1-2H3,(H,30,34)(H,31,32);1-3,5H2,(H,6,7)/t20-,23+,24-,25+,26-,29+,30-,31+;19-,20+,21-,22+,23-,27+,28-,29+;/m11./s1. The van der Waals surface area contributed by atoms with Gasteiger partial charge in [-0.25, -0.2) is 19.2 Å². The van der Waals surface area contributed by atoms with Crippen molar-refractivity contribution in [3.8, 4) is 5.75 Å². The normalized spacial score (nSPS) is 36.9. The topological polar surface area (TPSA) is 318 Å². The van der Waals surface area contributed by atoms with Crippen LogP contribution >= 0.6 is 0 Å². The lowest BCUT2D eigenvalue weighted by atomic mass is 9.43. The summed E-state index contributed by atoms with van der Waals surface area (Å²) < 4.78 is 27.1. The highest BCUT2D eigenvalue weighted by Crippen LogP contribution is 2.72. The van der Waals surface area contributed by atoms with Crippen LogP contribution in [-0.4, -0.2) is 86.0 Å². The smallest absolute Gasteiger partial charge is 0.481 e. The highest BCUT2D eigenvalue weighted by Gasteiger charge is 2.69. The van der Waals surface area contributed by atoms with Gasteiger partial charge in [-0.1, -0.05) is 27.7 Å². The van der Waals surface area contributed by atoms with Gasteiger partial charge in [0.2, 0.25) is 0 Å². The molecule has 0 unspecified atom stereocenters. The number of aliphatic hydroxyl groups is 2. The van der Waals surface area contributed by atoms with E-state index >= 15 is 0 Å². The third kappa shape index (κ3) is 12.2. The molecule has 84 heavy (non-hydrogen) atoms. The highest BCUT2D eigenvalue weighted by atomic mass is 16.7. The molecular formula is C64H87N3O17. The number of benzene rings is 1. The number of nitrogens with zero attached hydrogens (tertiary/aromatic N) is 1. The van der Waals surface area contributed by atoms with Crippen LogP contribution < -0.4 is 27.0 Å². The first-order chi connectivity index (χ1) is 39.9. The van der Waals surface area contributed by atoms with Gasteiger partial charge in [-0.15, -0.1) is 0 Å². The number of amides is 1. The molecule has 1 amide bonds. The van der Waals surface area contributed by atoms with Crippen LogP contribution in [0.5, 0.6) is 5.75 Å². The Morgan fingerprint density at radius 1 is 0.619 bits per heavy atom. The zero-order valence-corrected chi connectivity index (χ0v) is 49.1. The van der Waals surface area contributed by atoms with Gasteiger partial charge in [0.05, 0.1) is 28.7 Å². The van der Waals surface area contributed by atoms with Crippen LogP contribution in [0.4, 0.5) is 15.3 Å². The SMILES string of the molecule is C[C@]12CC[C@H](OC(=O)NCCCC(=O)O)C[C@H]1CC[C@@H]1[C@@H]2CC[C@]2(C)[C@@H](c3ccc(=O)oc3)CC[C@]12O.C[C@]12CC[C@H](OC(=O)Oc3ccc([N+](=O)[O-])cc3)C[C@H]1CC[C@@H]1[C@@H]2CC[C@]2(C)[C@@H](c3ccc(=O)oc3)CC[C@]12O.NCCCC(=O)O. The summed E-state index contributed by atoms with van der Waals surface area (Å²) in [6, 6.07) is 12.1. The number of fused-ring (bicyclic) bond motifs is 10. The van der Waals surface area contributed by atoms with Gasteiger partial charge >= 0.3 is 35.4 Å². The van der Waals surface area contributed by atoms with E-state index in [0.717, 1.165) is 127 Å². The fourth-order valence-corrected chi connectivity index (χ4v) is 18.6. The predicted octanol–water partition coefficient (Wildman–Crippen LogP) is 11.0. The van der Waals surface area contributed by atoms with Crippen molar-refractivity contribution < 1.29 is 67.6 Å². The Hall–Kier alpha value is -6.12. The minimum absolute atomic E-state index is 0.0284. The lowest BCUT2D eigenvalue weighted by Gasteiger charge is -2.63. The summed E-state index contributed by atoms with van der Waals surface area (Å²) in [4.78, 5) is 78.5. The molecule has 0 saturated heterocycles. The van der Waals surface area contributed by atoms with Gasteiger partial charge in [0, 0.05) is 54.5 Å². The molecule has 11 rings (SSSR count). The van der Waals surface area contributed by atoms with E-state index in [4.69, 9.17) is 39.0 Å². The van der Waals surface area contributed by atoms with E-state index in [-0.39, 0.29) is 93.1 Å². The highest BCUT2D eigenvalue weighted by molar-refractivity contribution is 5.68. The largest absolute Gasteiger partial charge is 0.514 e. The molecule has 8 fully saturated rings. The lowest BCUT2D eigenvalue weighted by molar-refractivity contribution is -0.384. The predicted molar refractivity (Wildman–Crippen MR) is 307 cm³/mol. The molecule has 0 radical (unpaired) electrons. The summed E-state index contributed by atoms with van der Waals surface area (Å²) in [5, 5.41) is 55.0. The van der Waals surface area contributed by atoms with Gasteiger partial charge in [-0.3, -0.25) is 19.7 Å². The number of nitro benzene ring substituents is 1. The lowest BCUT2D eigenvalue weighted by Crippen LogP contribution is -2.62. The Bertz CT molecular complexity index is 2940. The third-order valence-corrected chi connectivity index (χ3v) is 23.1. The fourth-order valence-electron chi connectivity index (χ4n) is 18.6. The maximum Gasteiger partial charge on any atom is 0.514 e. The van der Waals surface area contributed by atoms with Gasteiger partial charge in [0.15, 0.2) is 0 Å². The Balaban J connectivity index is 0.000000182. The molecule has 20 heteroatoms. The molecule has 2 aromatic heterocycles. The monoisotopic (exact) mass is 1170 g/mol. The molecule has 2 heterocycles. The molecule has 16 atom stereocenters. The number of carboxylic acid groups (broad SMARTS) is 2. The van der Waals surface area contributed by atoms with Crippen LogP contribution in [0.2, 0.25) is 0 Å². The van der Waals surface area contributed by atoms with Crippen LogP contribution in [0.1, 0.15) is 192 Å². The Morgan fingerprint density at radius 3 is 1.52 bits per heavy atom. The van der Waals surface area contributed by atoms with Crippen LogP contribution in [0, 0.1) is 67.3 Å². The number of non-ortho nitro benzene ring substituents is 1. The minimum atomic E-state index is -0.869. The minimum Gasteiger partial charge on any atom is -0.481 e. The van der Waals surface area contributed by atoms with Crippen molar-refractivity contribution in [1.82, 2.24) is 5.32 Å². The zero-order chi connectivity index (χ0) is 60.4. The van der Waals surface area contributed by atoms with Crippen molar-refractivity contribution in [2.75, 3.05) is 13.1 Å². The molecular weight excluding hydrogens is 1080 g/mol. The number of carbonyl (C=O) groups is 4. The van der Waals surface area contributed by atoms with Crippen LogP contribution in [0.25, 0.3) is 0 Å². The number of nitro groups is 1. The van der Waals surface area contributed by atoms with Crippen molar-refractivity contribution >= 4 is 29.9 Å². The van der Waals surface area contributed by atoms with E-state index in [1.807, 2.05) is 12.1 Å². The van der Waals surface area contributed by atoms with E-state index in [0.29, 0.717) is 49.6 Å². The third-order valence-electron chi connectivity index (χ3n) is 23.1. The molecule has 1 aromatic carbocycles. The molecule has 20 nitrogen and oxygen atoms in total. The molecule has 3 aromatic rings. The molecule has 0 spiro atoms. The van der Waals surface area contributed by atoms with Crippen molar-refractivity contribution in [3.05, 3.63) is 103 Å². The average molecular weight is 1170 g/mol. The number of rotatable bonds is 13. The number of aliphatic carboxylic acids is 2. The molecule has 0 bridgehead atoms. The fraction of sp³-hybridized carbons (Fsp3) is 0.688. The molecule has 8 aliphatic carbocycles. The number of nitrogens with two attached hydrogens (primary N) is 1. The molecule has 7 N–H and O–H groups in total. The summed E-state index contributed by atoms with van der Waals surface area (Å²) >= 11 is 0. The van der Waals surface area contributed by atoms with Crippen molar-refractivity contribution in [1.29, 1.82) is 0 Å². The van der Waals surface area contributed by atoms with E-state index < -0.39 is 40.3 Å². The van der Waals surface area contributed by atoms with Gasteiger partial charge in [-0.2, -0.15) is 0 Å². The first-order valence-corrected chi connectivity index (χ1v) is 30.7. The zero-order valence-electron chi connectivity index (χ0n) is 49.1. The van der Waals surface area contributed by atoms with E-state index in [9.17, 15) is 49.1 Å². The molecule has 460 valence electrons. The second-order valence-corrected chi connectivity index (χ2v) is 26.8. The number of alkyl carbamates (subject to hydrolysis) is 1. The summed E-state index contributed by atoms with van der Waals surface area (Å²) in [7, 11) is 0. The summed E-state index contributed by atoms with van der Waals surface area (Å²) in [5.74, 6) is 1.10. The van der Waals surface area contributed by atoms with Crippen LogP contribution in [-0.2, 0) is 19.1 Å². The van der Waals surface area contributed by atoms with Gasteiger partial charge in [0.25, 0.3) is 5.69 Å². The van der Waals surface area contributed by atoms with Gasteiger partial charge in [0.1, 0.15) is 18.0 Å². The van der Waals surface area contributed by atoms with Gasteiger partial charge < -0.3 is 54.5 Å². The molecule has 8 aliphatic rings. The van der Waals surface area contributed by atoms with Crippen molar-refractivity contribution in [2.24, 2.45) is 62.9 Å². The Kier molecular flexibility index (Phi) is 18.6. The van der Waals surface area contributed by atoms with E-state index in [1.54, 1.807) is 12.5 Å². The van der Waals surface area contributed by atoms with Gasteiger partial charge in [-0.05, 0) is 229 Å². The number of carbonyl (C=O) groups excluding carboxylic acids is 2. The quantitative estimate of drug-likeness (QED) is 0.0304. The maximum atomic E-state index is 12.5. The second kappa shape index (κ2) is 25.1. The average Bonchev–Trinajstić information content (AvgIpc) is 1.51.